The van der Waals surface area contributed by atoms with E-state index in [1.165, 1.54) is 0 Å². The molecule has 2 heterocycles. The van der Waals surface area contributed by atoms with E-state index in [-0.39, 0.29) is 112 Å². The van der Waals surface area contributed by atoms with Crippen molar-refractivity contribution in [2.24, 2.45) is 0 Å². The van der Waals surface area contributed by atoms with Crippen LogP contribution in [0.2, 0.25) is 0 Å². The summed E-state index contributed by atoms with van der Waals surface area (Å²) in [5, 5.41) is 0. The highest BCUT2D eigenvalue weighted by atomic mass is 16.8. The van der Waals surface area contributed by atoms with E-state index in [9.17, 15) is 38.4 Å². The molecule has 27 heteroatoms. The highest BCUT2D eigenvalue weighted by Crippen LogP contribution is 2.41. The van der Waals surface area contributed by atoms with Crippen LogP contribution in [-0.2, 0) is 128 Å². The van der Waals surface area contributed by atoms with E-state index in [1.54, 1.807) is 0 Å². The third-order valence-corrected chi connectivity index (χ3v) is 10.1. The van der Waals surface area contributed by atoms with Gasteiger partial charge in [-0.1, -0.05) is 52.6 Å². The topological polar surface area (TPSA) is 312 Å². The summed E-state index contributed by atoms with van der Waals surface area (Å²) in [5.41, 5.74) is 0. The summed E-state index contributed by atoms with van der Waals surface area (Å²) >= 11 is 0. The molecule has 0 amide bonds. The van der Waals surface area contributed by atoms with Crippen LogP contribution in [0, 0.1) is 0 Å². The van der Waals surface area contributed by atoms with Crippen LogP contribution in [0.3, 0.4) is 0 Å². The minimum absolute atomic E-state index is 0.187. The van der Waals surface area contributed by atoms with Gasteiger partial charge in [0, 0.05) is 48.6 Å². The smallest absolute Gasteiger partial charge is 0.330 e. The average molecular weight is 1130 g/mol. The summed E-state index contributed by atoms with van der Waals surface area (Å²) in [6.45, 7) is 20.8. The van der Waals surface area contributed by atoms with Crippen LogP contribution in [0.5, 0.6) is 0 Å². The van der Waals surface area contributed by atoms with Gasteiger partial charge in [-0.25, -0.2) is 38.4 Å². The molecule has 0 aromatic heterocycles. The first kappa shape index (κ1) is 68.3. The van der Waals surface area contributed by atoms with Crippen LogP contribution in [0.15, 0.2) is 101 Å². The Morgan fingerprint density at radius 2 is 0.646 bits per heavy atom. The molecule has 0 spiro atoms. The first-order chi connectivity index (χ1) is 38.1. The molecule has 27 nitrogen and oxygen atoms in total. The Bertz CT molecular complexity index is 2020. The summed E-state index contributed by atoms with van der Waals surface area (Å²) in [5.74, 6) is -8.45. The minimum atomic E-state index is -2.29. The predicted molar refractivity (Wildman–Crippen MR) is 268 cm³/mol. The van der Waals surface area contributed by atoms with Crippen molar-refractivity contribution in [1.82, 2.24) is 0 Å². The number of hydrogen-bond acceptors (Lipinski definition) is 27. The number of esters is 8. The Morgan fingerprint density at radius 3 is 1.03 bits per heavy atom. The van der Waals surface area contributed by atoms with Gasteiger partial charge >= 0.3 is 47.8 Å². The summed E-state index contributed by atoms with van der Waals surface area (Å²) in [6, 6.07) is 0. The van der Waals surface area contributed by atoms with Crippen molar-refractivity contribution in [3.63, 3.8) is 0 Å². The van der Waals surface area contributed by atoms with Crippen molar-refractivity contribution in [3.05, 3.63) is 101 Å². The van der Waals surface area contributed by atoms with Crippen molar-refractivity contribution in [2.45, 2.75) is 54.8 Å². The van der Waals surface area contributed by atoms with Crippen LogP contribution in [0.4, 0.5) is 0 Å². The van der Waals surface area contributed by atoms with Gasteiger partial charge in [0.2, 0.25) is 5.79 Å². The largest absolute Gasteiger partial charge is 0.460 e. The highest BCUT2D eigenvalue weighted by molar-refractivity contribution is 5.83. The summed E-state index contributed by atoms with van der Waals surface area (Å²) in [7, 11) is 0. The van der Waals surface area contributed by atoms with Gasteiger partial charge in [-0.15, -0.1) is 0 Å². The van der Waals surface area contributed by atoms with Crippen molar-refractivity contribution in [3.8, 4) is 0 Å². The molecule has 9 atom stereocenters. The fourth-order valence-corrected chi connectivity index (χ4v) is 6.81. The SMILES string of the molecule is C=CC(=O)OCCOC[C@H]1OC(COCCOC(=O)C=C)(O[C@H]2O[C@H](COCCOC(=O)C=C)[C@@H](OCCOC(=O)C=C)[C@H](OCCOC(=O)C=C)[C@H]2OCCOC(=O)C=C)[C@@H](OCCOC(=O)C=C)[C@@H]1OCCOC(=O)C=C. The zero-order valence-electron chi connectivity index (χ0n) is 43.9. The quantitative estimate of drug-likeness (QED) is 0.0349. The first-order valence-corrected chi connectivity index (χ1v) is 24.3. The molecule has 2 aliphatic heterocycles. The van der Waals surface area contributed by atoms with Gasteiger partial charge in [-0.2, -0.15) is 0 Å². The fraction of sp³-hybridized carbons (Fsp3) is 0.538. The molecule has 2 aliphatic rings. The summed E-state index contributed by atoms with van der Waals surface area (Å²) < 4.78 is 111. The lowest BCUT2D eigenvalue weighted by atomic mass is 9.97. The minimum Gasteiger partial charge on any atom is -0.460 e. The molecule has 0 aromatic carbocycles. The summed E-state index contributed by atoms with van der Waals surface area (Å²) in [4.78, 5) is 96.3. The van der Waals surface area contributed by atoms with E-state index in [0.29, 0.717) is 0 Å². The van der Waals surface area contributed by atoms with Crippen molar-refractivity contribution in [2.75, 3.05) is 126 Å². The lowest BCUT2D eigenvalue weighted by molar-refractivity contribution is -0.396. The van der Waals surface area contributed by atoms with Crippen molar-refractivity contribution >= 4 is 47.8 Å². The van der Waals surface area contributed by atoms with Crippen LogP contribution < -0.4 is 0 Å². The Hall–Kier alpha value is -6.76. The number of rotatable bonds is 45. The Morgan fingerprint density at radius 1 is 0.342 bits per heavy atom. The second-order valence-electron chi connectivity index (χ2n) is 15.4. The Kier molecular flexibility index (Phi) is 35.0. The molecule has 0 radical (unpaired) electrons. The van der Waals surface area contributed by atoms with Gasteiger partial charge in [0.15, 0.2) is 6.29 Å². The number of carbonyl (C=O) groups excluding carboxylic acids is 8. The predicted octanol–water partition coefficient (Wildman–Crippen LogP) is 0.632. The maximum atomic E-state index is 12.2. The van der Waals surface area contributed by atoms with E-state index >= 15 is 0 Å². The Balaban J connectivity index is 2.96. The number of hydrogen-bond donors (Lipinski definition) is 0. The van der Waals surface area contributed by atoms with E-state index < -0.39 is 116 Å². The van der Waals surface area contributed by atoms with Gasteiger partial charge in [-0.3, -0.25) is 0 Å². The van der Waals surface area contributed by atoms with E-state index in [1.807, 2.05) is 0 Å². The van der Waals surface area contributed by atoms with Crippen LogP contribution in [-0.4, -0.2) is 228 Å². The van der Waals surface area contributed by atoms with Gasteiger partial charge in [0.25, 0.3) is 0 Å². The van der Waals surface area contributed by atoms with Crippen molar-refractivity contribution in [1.29, 1.82) is 0 Å². The fourth-order valence-electron chi connectivity index (χ4n) is 6.81. The standard InChI is InChI=1S/C52H70O27/c1-9-38(53)64-20-17-61-33-36-46(72-28-23-67-41(56)12-4)48(74-30-25-69-43(58)14-6)49(75-31-26-70-44(59)15-7)51(77-36)79-52(35-63-19-22-66-40(55)11-3)50(76-32-27-71-45(60)16-8)47(73-29-24-68-42(57)13-5)37(78-52)34-62-18-21-65-39(54)10-2/h9-16,36-37,46-51H,1-8,17-35H2/t36-,37-,46-,47-,48+,49-,50+,51-,52?/m1/s1. The molecule has 0 aromatic rings. The van der Waals surface area contributed by atoms with Crippen LogP contribution in [0.1, 0.15) is 0 Å². The van der Waals surface area contributed by atoms with Gasteiger partial charge in [-0.05, 0) is 0 Å². The molecule has 0 aliphatic carbocycles. The lowest BCUT2D eigenvalue weighted by Gasteiger charge is -2.48. The zero-order chi connectivity index (χ0) is 58.3. The number of ether oxygens (including phenoxy) is 19. The molecule has 0 N–H and O–H groups in total. The Labute approximate surface area is 456 Å². The maximum absolute atomic E-state index is 12.2. The van der Waals surface area contributed by atoms with Gasteiger partial charge < -0.3 is 90.0 Å². The molecule has 0 saturated carbocycles. The lowest BCUT2D eigenvalue weighted by Crippen LogP contribution is -2.65. The molecular formula is C52H70O27. The van der Waals surface area contributed by atoms with Crippen LogP contribution >= 0.6 is 0 Å². The first-order valence-electron chi connectivity index (χ1n) is 24.3. The number of carbonyl (C=O) groups is 8. The monoisotopic (exact) mass is 1130 g/mol. The molecule has 440 valence electrons. The summed E-state index contributed by atoms with van der Waals surface area (Å²) in [6.07, 6.45) is -3.76. The molecule has 2 saturated heterocycles. The second kappa shape index (κ2) is 40.4. The highest BCUT2D eigenvalue weighted by Gasteiger charge is 2.62. The second-order valence-corrected chi connectivity index (χ2v) is 15.4. The van der Waals surface area contributed by atoms with E-state index in [2.05, 4.69) is 52.6 Å². The maximum Gasteiger partial charge on any atom is 0.330 e. The molecule has 79 heavy (non-hydrogen) atoms. The van der Waals surface area contributed by atoms with E-state index in [0.717, 1.165) is 48.6 Å². The third kappa shape index (κ3) is 26.6. The van der Waals surface area contributed by atoms with Crippen molar-refractivity contribution < 1.29 is 128 Å². The molecule has 0 bridgehead atoms. The zero-order valence-corrected chi connectivity index (χ0v) is 43.9. The third-order valence-electron chi connectivity index (χ3n) is 10.1. The van der Waals surface area contributed by atoms with Gasteiger partial charge in [0.1, 0.15) is 102 Å². The molecular weight excluding hydrogens is 1060 g/mol. The molecule has 2 fully saturated rings. The van der Waals surface area contributed by atoms with Crippen LogP contribution in [0.25, 0.3) is 0 Å². The molecule has 2 rings (SSSR count). The normalized spacial score (nSPS) is 22.1. The molecule has 1 unspecified atom stereocenters. The van der Waals surface area contributed by atoms with E-state index in [4.69, 9.17) is 90.0 Å². The average Bonchev–Trinajstić information content (AvgIpc) is 3.91. The van der Waals surface area contributed by atoms with Gasteiger partial charge in [0.05, 0.1) is 66.1 Å².